The highest BCUT2D eigenvalue weighted by Crippen LogP contribution is 2.24. The van der Waals surface area contributed by atoms with Gasteiger partial charge in [0.2, 0.25) is 0 Å². The van der Waals surface area contributed by atoms with Crippen LogP contribution in [0.1, 0.15) is 10.4 Å². The van der Waals surface area contributed by atoms with Gasteiger partial charge in [-0.1, -0.05) is 15.9 Å². The lowest BCUT2D eigenvalue weighted by Gasteiger charge is -2.00. The fraction of sp³-hybridized carbons (Fsp3) is 0. The summed E-state index contributed by atoms with van der Waals surface area (Å²) in [5, 5.41) is 17.3. The Balaban J connectivity index is 3.37. The number of rotatable bonds is 1. The number of phenolic OH excluding ortho intramolecular Hbond substituents is 1. The van der Waals surface area contributed by atoms with E-state index in [0.717, 1.165) is 12.1 Å². The van der Waals surface area contributed by atoms with E-state index in [4.69, 9.17) is 10.2 Å². The second kappa shape index (κ2) is 3.10. The van der Waals surface area contributed by atoms with Gasteiger partial charge in [-0.15, -0.1) is 0 Å². The average molecular weight is 235 g/mol. The van der Waals surface area contributed by atoms with Crippen LogP contribution in [0, 0.1) is 5.82 Å². The van der Waals surface area contributed by atoms with Crippen molar-refractivity contribution in [3.05, 3.63) is 28.0 Å². The second-order valence-electron chi connectivity index (χ2n) is 2.09. The van der Waals surface area contributed by atoms with Crippen molar-refractivity contribution in [3.63, 3.8) is 0 Å². The third kappa shape index (κ3) is 1.55. The molecule has 0 fully saturated rings. The Hall–Kier alpha value is -1.10. The Labute approximate surface area is 75.6 Å². The summed E-state index contributed by atoms with van der Waals surface area (Å²) in [7, 11) is 0. The van der Waals surface area contributed by atoms with Crippen LogP contribution in [0.3, 0.4) is 0 Å². The number of aromatic carboxylic acids is 1. The second-order valence-corrected chi connectivity index (χ2v) is 3.01. The van der Waals surface area contributed by atoms with E-state index in [1.54, 1.807) is 0 Å². The summed E-state index contributed by atoms with van der Waals surface area (Å²) < 4.78 is 13.1. The number of phenols is 1. The molecule has 0 radical (unpaired) electrons. The number of carboxylic acid groups (broad SMARTS) is 1. The van der Waals surface area contributed by atoms with Gasteiger partial charge in [-0.3, -0.25) is 0 Å². The molecule has 64 valence electrons. The van der Waals surface area contributed by atoms with Crippen LogP contribution in [0.5, 0.6) is 5.75 Å². The van der Waals surface area contributed by atoms with E-state index in [1.165, 1.54) is 0 Å². The molecule has 3 nitrogen and oxygen atoms in total. The molecule has 0 heterocycles. The van der Waals surface area contributed by atoms with Gasteiger partial charge in [-0.2, -0.15) is 0 Å². The molecule has 0 saturated carbocycles. The maximum atomic E-state index is 12.8. The van der Waals surface area contributed by atoms with Crippen LogP contribution in [0.4, 0.5) is 4.39 Å². The summed E-state index contributed by atoms with van der Waals surface area (Å²) in [6.45, 7) is 0. The SMILES string of the molecule is O=C(O)c1cc(Br)cc(O)c1F. The van der Waals surface area contributed by atoms with Gasteiger partial charge in [-0.05, 0) is 12.1 Å². The molecule has 0 aliphatic carbocycles. The van der Waals surface area contributed by atoms with Crippen molar-refractivity contribution in [3.8, 4) is 5.75 Å². The van der Waals surface area contributed by atoms with Crippen LogP contribution in [-0.4, -0.2) is 16.2 Å². The molecule has 0 spiro atoms. The Kier molecular flexibility index (Phi) is 2.32. The van der Waals surface area contributed by atoms with Crippen LogP contribution in [0.2, 0.25) is 0 Å². The van der Waals surface area contributed by atoms with Gasteiger partial charge in [-0.25, -0.2) is 9.18 Å². The molecular formula is C7H4BrFO3. The summed E-state index contributed by atoms with van der Waals surface area (Å²) in [6.07, 6.45) is 0. The van der Waals surface area contributed by atoms with Crippen LogP contribution in [0.25, 0.3) is 0 Å². The zero-order valence-electron chi connectivity index (χ0n) is 5.71. The van der Waals surface area contributed by atoms with Crippen LogP contribution < -0.4 is 0 Å². The lowest BCUT2D eigenvalue weighted by atomic mass is 10.2. The van der Waals surface area contributed by atoms with Gasteiger partial charge in [0.05, 0.1) is 0 Å². The topological polar surface area (TPSA) is 57.5 Å². The monoisotopic (exact) mass is 234 g/mol. The molecule has 5 heteroatoms. The molecule has 0 aliphatic heterocycles. The fourth-order valence-electron chi connectivity index (χ4n) is 0.730. The van der Waals surface area contributed by atoms with Crippen molar-refractivity contribution in [1.82, 2.24) is 0 Å². The largest absolute Gasteiger partial charge is 0.505 e. The molecule has 12 heavy (non-hydrogen) atoms. The molecule has 0 aliphatic rings. The van der Waals surface area contributed by atoms with Crippen molar-refractivity contribution < 1.29 is 19.4 Å². The minimum atomic E-state index is -1.41. The zero-order chi connectivity index (χ0) is 9.30. The molecule has 1 aromatic carbocycles. The van der Waals surface area contributed by atoms with Crippen molar-refractivity contribution >= 4 is 21.9 Å². The number of halogens is 2. The lowest BCUT2D eigenvalue weighted by molar-refractivity contribution is 0.0691. The number of hydrogen-bond acceptors (Lipinski definition) is 2. The number of carboxylic acids is 1. The molecule has 0 amide bonds. The summed E-state index contributed by atoms with van der Waals surface area (Å²) in [6, 6.07) is 2.17. The Morgan fingerprint density at radius 2 is 2.08 bits per heavy atom. The van der Waals surface area contributed by atoms with Gasteiger partial charge >= 0.3 is 5.97 Å². The number of aromatic hydroxyl groups is 1. The van der Waals surface area contributed by atoms with E-state index in [1.807, 2.05) is 0 Å². The maximum Gasteiger partial charge on any atom is 0.338 e. The molecule has 0 saturated heterocycles. The Bertz CT molecular complexity index is 338. The molecule has 1 aromatic rings. The minimum Gasteiger partial charge on any atom is -0.505 e. The van der Waals surface area contributed by atoms with E-state index in [2.05, 4.69) is 15.9 Å². The number of carbonyl (C=O) groups is 1. The first kappa shape index (κ1) is 8.99. The highest BCUT2D eigenvalue weighted by atomic mass is 79.9. The molecular weight excluding hydrogens is 231 g/mol. The third-order valence-electron chi connectivity index (χ3n) is 1.25. The zero-order valence-corrected chi connectivity index (χ0v) is 7.30. The van der Waals surface area contributed by atoms with Gasteiger partial charge < -0.3 is 10.2 Å². The van der Waals surface area contributed by atoms with E-state index in [9.17, 15) is 9.18 Å². The molecule has 1 rings (SSSR count). The predicted octanol–water partition coefficient (Wildman–Crippen LogP) is 1.99. The van der Waals surface area contributed by atoms with E-state index < -0.39 is 23.1 Å². The van der Waals surface area contributed by atoms with Crippen molar-refractivity contribution in [2.24, 2.45) is 0 Å². The normalized spacial score (nSPS) is 9.83. The van der Waals surface area contributed by atoms with Crippen LogP contribution in [0.15, 0.2) is 16.6 Å². The smallest absolute Gasteiger partial charge is 0.338 e. The van der Waals surface area contributed by atoms with E-state index in [0.29, 0.717) is 4.47 Å². The quantitative estimate of drug-likeness (QED) is 0.782. The predicted molar refractivity (Wildman–Crippen MR) is 42.7 cm³/mol. The van der Waals surface area contributed by atoms with E-state index >= 15 is 0 Å². The summed E-state index contributed by atoms with van der Waals surface area (Å²) >= 11 is 2.93. The van der Waals surface area contributed by atoms with Gasteiger partial charge in [0.25, 0.3) is 0 Å². The van der Waals surface area contributed by atoms with Crippen molar-refractivity contribution in [2.45, 2.75) is 0 Å². The highest BCUT2D eigenvalue weighted by Gasteiger charge is 2.14. The van der Waals surface area contributed by atoms with Crippen molar-refractivity contribution in [1.29, 1.82) is 0 Å². The molecule has 0 unspecified atom stereocenters. The average Bonchev–Trinajstić information content (AvgIpc) is 1.96. The maximum absolute atomic E-state index is 12.8. The summed E-state index contributed by atoms with van der Waals surface area (Å²) in [5.74, 6) is -3.21. The van der Waals surface area contributed by atoms with Crippen molar-refractivity contribution in [2.75, 3.05) is 0 Å². The Morgan fingerprint density at radius 1 is 1.50 bits per heavy atom. The highest BCUT2D eigenvalue weighted by molar-refractivity contribution is 9.10. The Morgan fingerprint density at radius 3 is 2.58 bits per heavy atom. The fourth-order valence-corrected chi connectivity index (χ4v) is 1.18. The molecule has 0 atom stereocenters. The lowest BCUT2D eigenvalue weighted by Crippen LogP contribution is -2.00. The minimum absolute atomic E-state index is 0.318. The van der Waals surface area contributed by atoms with Gasteiger partial charge in [0, 0.05) is 4.47 Å². The third-order valence-corrected chi connectivity index (χ3v) is 1.71. The number of hydrogen-bond donors (Lipinski definition) is 2. The first-order valence-electron chi connectivity index (χ1n) is 2.93. The van der Waals surface area contributed by atoms with Gasteiger partial charge in [0.1, 0.15) is 5.56 Å². The standard InChI is InChI=1S/C7H4BrFO3/c8-3-1-4(7(11)12)6(9)5(10)2-3/h1-2,10H,(H,11,12). The molecule has 0 aromatic heterocycles. The molecule has 2 N–H and O–H groups in total. The summed E-state index contributed by atoms with van der Waals surface area (Å²) in [5.41, 5.74) is -0.554. The molecule has 0 bridgehead atoms. The summed E-state index contributed by atoms with van der Waals surface area (Å²) in [4.78, 5) is 10.4. The van der Waals surface area contributed by atoms with Gasteiger partial charge in [0.15, 0.2) is 11.6 Å². The van der Waals surface area contributed by atoms with Crippen LogP contribution in [-0.2, 0) is 0 Å². The van der Waals surface area contributed by atoms with E-state index in [-0.39, 0.29) is 0 Å². The number of benzene rings is 1. The first-order valence-corrected chi connectivity index (χ1v) is 3.73. The first-order chi connectivity index (χ1) is 5.52. The van der Waals surface area contributed by atoms with Crippen LogP contribution >= 0.6 is 15.9 Å².